The fourth-order valence-corrected chi connectivity index (χ4v) is 3.44. The molecule has 1 aromatic carbocycles. The maximum Gasteiger partial charge on any atom is 0.182 e. The molecule has 0 radical (unpaired) electrons. The van der Waals surface area contributed by atoms with Crippen molar-refractivity contribution in [3.05, 3.63) is 28.2 Å². The van der Waals surface area contributed by atoms with Crippen molar-refractivity contribution in [3.63, 3.8) is 0 Å². The fourth-order valence-electron chi connectivity index (χ4n) is 1.42. The molecule has 6 heteroatoms. The number of nitrogens with zero attached hydrogens (tertiary/aromatic N) is 1. The highest BCUT2D eigenvalue weighted by atomic mass is 35.5. The van der Waals surface area contributed by atoms with E-state index in [4.69, 9.17) is 28.5 Å². The van der Waals surface area contributed by atoms with Crippen LogP contribution in [-0.4, -0.2) is 13.7 Å². The molecular formula is C11H11Cl2NO2S. The summed E-state index contributed by atoms with van der Waals surface area (Å²) in [5, 5.41) is 8.41. The van der Waals surface area contributed by atoms with Gasteiger partial charge >= 0.3 is 0 Å². The number of benzene rings is 1. The summed E-state index contributed by atoms with van der Waals surface area (Å²) in [6.07, 6.45) is 0.356. The Labute approximate surface area is 111 Å². The quantitative estimate of drug-likeness (QED) is 0.853. The molecule has 0 aliphatic carbocycles. The Hall–Kier alpha value is -0.760. The van der Waals surface area contributed by atoms with E-state index in [2.05, 4.69) is 0 Å². The van der Waals surface area contributed by atoms with Gasteiger partial charge in [0.25, 0.3) is 0 Å². The predicted octanol–water partition coefficient (Wildman–Crippen LogP) is 3.46. The standard InChI is InChI=1S/C11H11Cl2NO2S/c1-2-8(5-6-14)17(15,16)9-3-4-10(12)11(13)7-9/h3-4,7-8H,2,5H2,1H3. The van der Waals surface area contributed by atoms with Crippen LogP contribution in [0.5, 0.6) is 0 Å². The number of hydrogen-bond donors (Lipinski definition) is 0. The minimum absolute atomic E-state index is 0.0287. The minimum Gasteiger partial charge on any atom is -0.223 e. The van der Waals surface area contributed by atoms with Crippen molar-refractivity contribution in [2.24, 2.45) is 0 Å². The molecular weight excluding hydrogens is 281 g/mol. The number of hydrogen-bond acceptors (Lipinski definition) is 3. The van der Waals surface area contributed by atoms with Gasteiger partial charge in [0.15, 0.2) is 9.84 Å². The van der Waals surface area contributed by atoms with E-state index in [0.29, 0.717) is 11.4 Å². The summed E-state index contributed by atoms with van der Waals surface area (Å²) < 4.78 is 24.3. The third kappa shape index (κ3) is 3.12. The highest BCUT2D eigenvalue weighted by molar-refractivity contribution is 7.92. The van der Waals surface area contributed by atoms with Crippen LogP contribution in [0.3, 0.4) is 0 Å². The topological polar surface area (TPSA) is 57.9 Å². The average Bonchev–Trinajstić information content (AvgIpc) is 2.29. The fraction of sp³-hybridized carbons (Fsp3) is 0.364. The lowest BCUT2D eigenvalue weighted by Crippen LogP contribution is -2.20. The first kappa shape index (κ1) is 14.3. The van der Waals surface area contributed by atoms with E-state index < -0.39 is 15.1 Å². The molecule has 0 bridgehead atoms. The van der Waals surface area contributed by atoms with Gasteiger partial charge in [-0.25, -0.2) is 8.42 Å². The molecule has 1 atom stereocenters. The average molecular weight is 292 g/mol. The second-order valence-electron chi connectivity index (χ2n) is 3.51. The highest BCUT2D eigenvalue weighted by Gasteiger charge is 2.26. The van der Waals surface area contributed by atoms with E-state index in [0.717, 1.165) is 0 Å². The second kappa shape index (κ2) is 5.72. The molecule has 0 saturated heterocycles. The van der Waals surface area contributed by atoms with Crippen molar-refractivity contribution in [2.45, 2.75) is 29.9 Å². The maximum atomic E-state index is 12.2. The van der Waals surface area contributed by atoms with Crippen molar-refractivity contribution < 1.29 is 8.42 Å². The van der Waals surface area contributed by atoms with Crippen molar-refractivity contribution in [1.82, 2.24) is 0 Å². The van der Waals surface area contributed by atoms with Crippen LogP contribution >= 0.6 is 23.2 Å². The Morgan fingerprint density at radius 2 is 2.00 bits per heavy atom. The molecule has 92 valence electrons. The summed E-state index contributed by atoms with van der Waals surface area (Å²) in [7, 11) is -3.52. The van der Waals surface area contributed by atoms with E-state index in [1.807, 2.05) is 6.07 Å². The van der Waals surface area contributed by atoms with Crippen molar-refractivity contribution >= 4 is 33.0 Å². The van der Waals surface area contributed by atoms with Gasteiger partial charge in [0.1, 0.15) is 0 Å². The van der Waals surface area contributed by atoms with E-state index in [-0.39, 0.29) is 16.3 Å². The van der Waals surface area contributed by atoms with Gasteiger partial charge in [0, 0.05) is 0 Å². The molecule has 1 aromatic rings. The van der Waals surface area contributed by atoms with Crippen LogP contribution in [0.15, 0.2) is 23.1 Å². The van der Waals surface area contributed by atoms with Crippen LogP contribution < -0.4 is 0 Å². The van der Waals surface area contributed by atoms with Crippen LogP contribution in [0.1, 0.15) is 19.8 Å². The zero-order valence-corrected chi connectivity index (χ0v) is 11.5. The van der Waals surface area contributed by atoms with E-state index in [9.17, 15) is 8.42 Å². The zero-order chi connectivity index (χ0) is 13.1. The van der Waals surface area contributed by atoms with Gasteiger partial charge in [0.05, 0.1) is 32.7 Å². The van der Waals surface area contributed by atoms with Crippen LogP contribution in [-0.2, 0) is 9.84 Å². The van der Waals surface area contributed by atoms with Gasteiger partial charge < -0.3 is 0 Å². The smallest absolute Gasteiger partial charge is 0.182 e. The van der Waals surface area contributed by atoms with E-state index >= 15 is 0 Å². The molecule has 0 fully saturated rings. The first-order chi connectivity index (χ1) is 7.93. The van der Waals surface area contributed by atoms with E-state index in [1.165, 1.54) is 18.2 Å². The predicted molar refractivity (Wildman–Crippen MR) is 68.0 cm³/mol. The van der Waals surface area contributed by atoms with Crippen LogP contribution in [0.2, 0.25) is 10.0 Å². The third-order valence-electron chi connectivity index (χ3n) is 2.43. The summed E-state index contributed by atoms with van der Waals surface area (Å²) in [4.78, 5) is 0.106. The van der Waals surface area contributed by atoms with Crippen molar-refractivity contribution in [1.29, 1.82) is 5.26 Å². The molecule has 0 aliphatic heterocycles. The third-order valence-corrected chi connectivity index (χ3v) is 5.46. The van der Waals surface area contributed by atoms with Crippen LogP contribution in [0.25, 0.3) is 0 Å². The van der Waals surface area contributed by atoms with Gasteiger partial charge in [-0.15, -0.1) is 0 Å². The van der Waals surface area contributed by atoms with Crippen LogP contribution in [0, 0.1) is 11.3 Å². The minimum atomic E-state index is -3.52. The van der Waals surface area contributed by atoms with Crippen LogP contribution in [0.4, 0.5) is 0 Å². The zero-order valence-electron chi connectivity index (χ0n) is 9.15. The normalized spacial score (nSPS) is 13.1. The first-order valence-corrected chi connectivity index (χ1v) is 7.29. The molecule has 0 aromatic heterocycles. The van der Waals surface area contributed by atoms with E-state index in [1.54, 1.807) is 6.92 Å². The highest BCUT2D eigenvalue weighted by Crippen LogP contribution is 2.28. The van der Waals surface area contributed by atoms with Gasteiger partial charge in [-0.3, -0.25) is 0 Å². The molecule has 0 heterocycles. The lowest BCUT2D eigenvalue weighted by atomic mass is 10.3. The summed E-state index contributed by atoms with van der Waals surface area (Å²) in [5.74, 6) is 0. The van der Waals surface area contributed by atoms with Crippen molar-refractivity contribution in [2.75, 3.05) is 0 Å². The summed E-state index contributed by atoms with van der Waals surface area (Å²) >= 11 is 11.5. The largest absolute Gasteiger partial charge is 0.223 e. The Kier molecular flexibility index (Phi) is 4.81. The molecule has 1 rings (SSSR count). The Morgan fingerprint density at radius 1 is 1.35 bits per heavy atom. The molecule has 0 amide bonds. The molecule has 17 heavy (non-hydrogen) atoms. The number of nitriles is 1. The molecule has 0 saturated carbocycles. The maximum absolute atomic E-state index is 12.2. The van der Waals surface area contributed by atoms with Gasteiger partial charge in [-0.05, 0) is 24.6 Å². The Morgan fingerprint density at radius 3 is 2.47 bits per heavy atom. The van der Waals surface area contributed by atoms with Gasteiger partial charge in [-0.1, -0.05) is 30.1 Å². The lowest BCUT2D eigenvalue weighted by molar-refractivity contribution is 0.576. The Balaban J connectivity index is 3.21. The molecule has 0 N–H and O–H groups in total. The molecule has 1 unspecified atom stereocenters. The monoisotopic (exact) mass is 291 g/mol. The summed E-state index contributed by atoms with van der Waals surface area (Å²) in [6, 6.07) is 6.05. The second-order valence-corrected chi connectivity index (χ2v) is 6.56. The molecule has 0 aliphatic rings. The molecule has 0 spiro atoms. The lowest BCUT2D eigenvalue weighted by Gasteiger charge is -2.13. The number of sulfone groups is 1. The number of rotatable bonds is 4. The SMILES string of the molecule is CCC(CC#N)S(=O)(=O)c1ccc(Cl)c(Cl)c1. The first-order valence-electron chi connectivity index (χ1n) is 4.99. The number of halogens is 2. The van der Waals surface area contributed by atoms with Crippen molar-refractivity contribution in [3.8, 4) is 6.07 Å². The van der Waals surface area contributed by atoms with Gasteiger partial charge in [-0.2, -0.15) is 5.26 Å². The Bertz CT molecular complexity index is 549. The van der Waals surface area contributed by atoms with Gasteiger partial charge in [0.2, 0.25) is 0 Å². The summed E-state index contributed by atoms with van der Waals surface area (Å²) in [6.45, 7) is 1.73. The molecule has 3 nitrogen and oxygen atoms in total. The summed E-state index contributed by atoms with van der Waals surface area (Å²) in [5.41, 5.74) is 0.